The Labute approximate surface area is 215 Å². The first-order chi connectivity index (χ1) is 17.4. The topological polar surface area (TPSA) is 65.1 Å². The Bertz CT molecular complexity index is 1040. The molecule has 2 aromatic rings. The molecule has 0 aliphatic carbocycles. The second-order valence-electron chi connectivity index (χ2n) is 10.1. The summed E-state index contributed by atoms with van der Waals surface area (Å²) in [5, 5.41) is 3.04. The number of piperazine rings is 1. The number of aryl methyl sites for hydroxylation is 3. The van der Waals surface area contributed by atoms with Crippen molar-refractivity contribution in [1.29, 1.82) is 0 Å². The Morgan fingerprint density at radius 3 is 2.33 bits per heavy atom. The maximum Gasteiger partial charge on any atom is 0.238 e. The molecule has 7 heteroatoms. The quantitative estimate of drug-likeness (QED) is 0.611. The van der Waals surface area contributed by atoms with Gasteiger partial charge in [0.15, 0.2) is 0 Å². The fourth-order valence-electron chi connectivity index (χ4n) is 4.99. The third kappa shape index (κ3) is 7.08. The lowest BCUT2D eigenvalue weighted by Crippen LogP contribution is -2.53. The van der Waals surface area contributed by atoms with Crippen molar-refractivity contribution in [3.63, 3.8) is 0 Å². The zero-order chi connectivity index (χ0) is 25.5. The summed E-state index contributed by atoms with van der Waals surface area (Å²) in [7, 11) is 0. The molecule has 194 valence electrons. The van der Waals surface area contributed by atoms with Gasteiger partial charge in [0.2, 0.25) is 11.8 Å². The number of piperidine rings is 1. The van der Waals surface area contributed by atoms with Crippen molar-refractivity contribution in [3.8, 4) is 5.75 Å². The number of nitrogens with one attached hydrogen (secondary N) is 1. The van der Waals surface area contributed by atoms with E-state index in [0.29, 0.717) is 26.2 Å². The minimum absolute atomic E-state index is 0.00150. The predicted octanol–water partition coefficient (Wildman–Crippen LogP) is 3.49. The number of para-hydroxylation sites is 1. The Balaban J connectivity index is 1.16. The fourth-order valence-corrected chi connectivity index (χ4v) is 4.99. The molecule has 2 aliphatic rings. The van der Waals surface area contributed by atoms with Crippen LogP contribution in [0.3, 0.4) is 0 Å². The predicted molar refractivity (Wildman–Crippen MR) is 143 cm³/mol. The van der Waals surface area contributed by atoms with Gasteiger partial charge >= 0.3 is 0 Å². The number of carbonyl (C=O) groups is 2. The molecular weight excluding hydrogens is 452 g/mol. The molecular formula is C29H40N4O3. The van der Waals surface area contributed by atoms with Gasteiger partial charge in [-0.3, -0.25) is 19.4 Å². The van der Waals surface area contributed by atoms with Crippen LogP contribution in [0.4, 0.5) is 5.69 Å². The van der Waals surface area contributed by atoms with Gasteiger partial charge in [-0.2, -0.15) is 0 Å². The molecule has 0 aromatic heterocycles. The van der Waals surface area contributed by atoms with Crippen molar-refractivity contribution in [3.05, 3.63) is 59.2 Å². The van der Waals surface area contributed by atoms with Gasteiger partial charge < -0.3 is 15.0 Å². The number of carbonyl (C=O) groups excluding carboxylic acids is 2. The molecule has 2 heterocycles. The molecule has 0 unspecified atom stereocenters. The van der Waals surface area contributed by atoms with Crippen molar-refractivity contribution in [2.45, 2.75) is 46.1 Å². The maximum absolute atomic E-state index is 12.9. The SMILES string of the molecule is CCc1ccccc1NC(=O)CN1CCN(C(=O)CN2CCC(Oc3cc(C)ccc3C)CC2)CC1. The van der Waals surface area contributed by atoms with Crippen LogP contribution >= 0.6 is 0 Å². The zero-order valence-corrected chi connectivity index (χ0v) is 22.0. The van der Waals surface area contributed by atoms with Gasteiger partial charge in [-0.05, 0) is 61.9 Å². The average molecular weight is 493 g/mol. The number of benzene rings is 2. The summed E-state index contributed by atoms with van der Waals surface area (Å²) in [6, 6.07) is 14.3. The number of rotatable bonds is 8. The lowest BCUT2D eigenvalue weighted by molar-refractivity contribution is -0.134. The van der Waals surface area contributed by atoms with Crippen LogP contribution < -0.4 is 10.1 Å². The molecule has 2 aromatic carbocycles. The summed E-state index contributed by atoms with van der Waals surface area (Å²) >= 11 is 0. The van der Waals surface area contributed by atoms with Crippen LogP contribution in [0.5, 0.6) is 5.75 Å². The van der Waals surface area contributed by atoms with E-state index in [1.807, 2.05) is 29.2 Å². The Kier molecular flexibility index (Phi) is 8.99. The number of hydrogen-bond donors (Lipinski definition) is 1. The highest BCUT2D eigenvalue weighted by atomic mass is 16.5. The standard InChI is InChI=1S/C29H40N4O3/c1-4-24-7-5-6-8-26(24)30-28(34)20-32-15-17-33(18-16-32)29(35)21-31-13-11-25(12-14-31)36-27-19-22(2)9-10-23(27)3/h5-10,19,25H,4,11-18,20-21H2,1-3H3,(H,30,34). The van der Waals surface area contributed by atoms with Crippen molar-refractivity contribution in [1.82, 2.24) is 14.7 Å². The number of hydrogen-bond acceptors (Lipinski definition) is 5. The van der Waals surface area contributed by atoms with E-state index in [1.54, 1.807) is 0 Å². The maximum atomic E-state index is 12.9. The van der Waals surface area contributed by atoms with Crippen molar-refractivity contribution in [2.75, 3.05) is 57.7 Å². The number of amides is 2. The minimum Gasteiger partial charge on any atom is -0.490 e. The Morgan fingerprint density at radius 1 is 0.917 bits per heavy atom. The van der Waals surface area contributed by atoms with Crippen LogP contribution in [0.2, 0.25) is 0 Å². The monoisotopic (exact) mass is 492 g/mol. The number of nitrogens with zero attached hydrogens (tertiary/aromatic N) is 3. The summed E-state index contributed by atoms with van der Waals surface area (Å²) in [4.78, 5) is 31.8. The fraction of sp³-hybridized carbons (Fsp3) is 0.517. The summed E-state index contributed by atoms with van der Waals surface area (Å²) < 4.78 is 6.27. The second kappa shape index (κ2) is 12.4. The van der Waals surface area contributed by atoms with Gasteiger partial charge in [0.1, 0.15) is 11.9 Å². The number of ether oxygens (including phenoxy) is 1. The molecule has 2 saturated heterocycles. The first-order valence-corrected chi connectivity index (χ1v) is 13.3. The highest BCUT2D eigenvalue weighted by molar-refractivity contribution is 5.93. The van der Waals surface area contributed by atoms with Gasteiger partial charge in [0, 0.05) is 45.0 Å². The molecule has 2 aliphatic heterocycles. The molecule has 0 saturated carbocycles. The molecule has 0 atom stereocenters. The molecule has 7 nitrogen and oxygen atoms in total. The van der Waals surface area contributed by atoms with Crippen LogP contribution in [-0.2, 0) is 16.0 Å². The van der Waals surface area contributed by atoms with E-state index < -0.39 is 0 Å². The smallest absolute Gasteiger partial charge is 0.238 e. The van der Waals surface area contributed by atoms with E-state index in [1.165, 1.54) is 11.1 Å². The van der Waals surface area contributed by atoms with Crippen LogP contribution in [-0.4, -0.2) is 85.0 Å². The molecule has 1 N–H and O–H groups in total. The number of anilines is 1. The van der Waals surface area contributed by atoms with E-state index in [0.717, 1.165) is 62.4 Å². The highest BCUT2D eigenvalue weighted by Gasteiger charge is 2.27. The zero-order valence-electron chi connectivity index (χ0n) is 22.0. The summed E-state index contributed by atoms with van der Waals surface area (Å²) in [5.74, 6) is 1.16. The lowest BCUT2D eigenvalue weighted by Gasteiger charge is -2.37. The third-order valence-electron chi connectivity index (χ3n) is 7.30. The van der Waals surface area contributed by atoms with Gasteiger partial charge in [-0.15, -0.1) is 0 Å². The molecule has 0 spiro atoms. The molecule has 36 heavy (non-hydrogen) atoms. The Morgan fingerprint density at radius 2 is 1.61 bits per heavy atom. The molecule has 0 radical (unpaired) electrons. The number of likely N-dealkylation sites (tertiary alicyclic amines) is 1. The van der Waals surface area contributed by atoms with E-state index in [2.05, 4.69) is 54.1 Å². The van der Waals surface area contributed by atoms with Crippen LogP contribution in [0.1, 0.15) is 36.5 Å². The highest BCUT2D eigenvalue weighted by Crippen LogP contribution is 2.24. The van der Waals surface area contributed by atoms with Crippen molar-refractivity contribution < 1.29 is 14.3 Å². The molecule has 4 rings (SSSR count). The van der Waals surface area contributed by atoms with Gasteiger partial charge in [0.05, 0.1) is 13.1 Å². The minimum atomic E-state index is 0.00150. The summed E-state index contributed by atoms with van der Waals surface area (Å²) in [6.07, 6.45) is 2.96. The van der Waals surface area contributed by atoms with Crippen LogP contribution in [0.25, 0.3) is 0 Å². The molecule has 2 amide bonds. The Hall–Kier alpha value is -2.90. The van der Waals surface area contributed by atoms with Crippen molar-refractivity contribution >= 4 is 17.5 Å². The third-order valence-corrected chi connectivity index (χ3v) is 7.30. The largest absolute Gasteiger partial charge is 0.490 e. The van der Waals surface area contributed by atoms with Crippen LogP contribution in [0.15, 0.2) is 42.5 Å². The van der Waals surface area contributed by atoms with Crippen molar-refractivity contribution in [2.24, 2.45) is 0 Å². The summed E-state index contributed by atoms with van der Waals surface area (Å²) in [6.45, 7) is 11.6. The molecule has 2 fully saturated rings. The molecule has 0 bridgehead atoms. The van der Waals surface area contributed by atoms with Gasteiger partial charge in [0.25, 0.3) is 0 Å². The lowest BCUT2D eigenvalue weighted by atomic mass is 10.1. The van der Waals surface area contributed by atoms with Gasteiger partial charge in [-0.25, -0.2) is 0 Å². The normalized spacial score (nSPS) is 17.7. The van der Waals surface area contributed by atoms with E-state index >= 15 is 0 Å². The summed E-state index contributed by atoms with van der Waals surface area (Å²) in [5.41, 5.74) is 4.41. The van der Waals surface area contributed by atoms with E-state index in [4.69, 9.17) is 4.74 Å². The second-order valence-corrected chi connectivity index (χ2v) is 10.1. The average Bonchev–Trinajstić information content (AvgIpc) is 2.88. The van der Waals surface area contributed by atoms with E-state index in [9.17, 15) is 9.59 Å². The first-order valence-electron chi connectivity index (χ1n) is 13.3. The van der Waals surface area contributed by atoms with E-state index in [-0.39, 0.29) is 17.9 Å². The van der Waals surface area contributed by atoms with Gasteiger partial charge in [-0.1, -0.05) is 37.3 Å². The first kappa shape index (κ1) is 26.2. The van der Waals surface area contributed by atoms with Crippen LogP contribution in [0, 0.1) is 13.8 Å².